The number of nitrogens with zero attached hydrogens (tertiary/aromatic N) is 2. The van der Waals surface area contributed by atoms with E-state index in [0.29, 0.717) is 17.9 Å². The van der Waals surface area contributed by atoms with Crippen LogP contribution in [0.4, 0.5) is 0 Å². The second-order valence-electron chi connectivity index (χ2n) is 5.73. The first-order valence-electron chi connectivity index (χ1n) is 8.02. The highest BCUT2D eigenvalue weighted by Gasteiger charge is 2.09. The van der Waals surface area contributed by atoms with E-state index >= 15 is 0 Å². The number of amides is 1. The van der Waals surface area contributed by atoms with Crippen LogP contribution in [0, 0.1) is 0 Å². The van der Waals surface area contributed by atoms with Crippen LogP contribution in [0.2, 0.25) is 0 Å². The van der Waals surface area contributed by atoms with E-state index in [1.807, 2.05) is 60.7 Å². The summed E-state index contributed by atoms with van der Waals surface area (Å²) in [6.45, 7) is 0.425. The number of rotatable bonds is 4. The van der Waals surface area contributed by atoms with Crippen LogP contribution in [0.5, 0.6) is 0 Å². The zero-order chi connectivity index (χ0) is 17.1. The number of hydrogen-bond donors (Lipinski definition) is 2. The van der Waals surface area contributed by atoms with Gasteiger partial charge in [0.1, 0.15) is 0 Å². The van der Waals surface area contributed by atoms with Crippen LogP contribution in [0.3, 0.4) is 0 Å². The molecule has 2 N–H and O–H groups in total. The van der Waals surface area contributed by atoms with Crippen LogP contribution in [0.15, 0.2) is 73.1 Å². The number of para-hydroxylation sites is 1. The Labute approximate surface area is 144 Å². The second kappa shape index (κ2) is 6.57. The highest BCUT2D eigenvalue weighted by atomic mass is 16.1. The van der Waals surface area contributed by atoms with Gasteiger partial charge in [-0.05, 0) is 17.5 Å². The summed E-state index contributed by atoms with van der Waals surface area (Å²) in [6.07, 6.45) is 3.10. The Balaban J connectivity index is 1.44. The first-order chi connectivity index (χ1) is 12.3. The highest BCUT2D eigenvalue weighted by Crippen LogP contribution is 2.15. The van der Waals surface area contributed by atoms with Crippen molar-refractivity contribution in [3.8, 4) is 11.4 Å². The SMILES string of the molecule is O=C(NCc1cc2ccccc2[nH]1)c1cnc(-c2ccccc2)nc1. The number of hydrogen-bond acceptors (Lipinski definition) is 3. The van der Waals surface area contributed by atoms with Crippen LogP contribution in [0.1, 0.15) is 16.1 Å². The molecule has 1 amide bonds. The van der Waals surface area contributed by atoms with E-state index in [2.05, 4.69) is 20.3 Å². The quantitative estimate of drug-likeness (QED) is 0.602. The Hall–Kier alpha value is -3.47. The first-order valence-corrected chi connectivity index (χ1v) is 8.02. The second-order valence-corrected chi connectivity index (χ2v) is 5.73. The zero-order valence-corrected chi connectivity index (χ0v) is 13.4. The normalized spacial score (nSPS) is 10.7. The molecule has 0 spiro atoms. The molecule has 0 saturated carbocycles. The molecule has 0 saturated heterocycles. The molecule has 5 nitrogen and oxygen atoms in total. The van der Waals surface area contributed by atoms with E-state index in [0.717, 1.165) is 22.2 Å². The molecule has 4 aromatic rings. The lowest BCUT2D eigenvalue weighted by Gasteiger charge is -2.04. The molecule has 2 heterocycles. The van der Waals surface area contributed by atoms with Crippen LogP contribution >= 0.6 is 0 Å². The molecule has 0 bridgehead atoms. The fourth-order valence-electron chi connectivity index (χ4n) is 2.69. The largest absolute Gasteiger partial charge is 0.357 e. The number of H-pyrrole nitrogens is 1. The van der Waals surface area contributed by atoms with Gasteiger partial charge < -0.3 is 10.3 Å². The molecule has 0 aliphatic rings. The Bertz CT molecular complexity index is 974. The molecule has 5 heteroatoms. The van der Waals surface area contributed by atoms with Gasteiger partial charge in [0, 0.05) is 29.2 Å². The third kappa shape index (κ3) is 3.26. The average Bonchev–Trinajstić information content (AvgIpc) is 3.10. The summed E-state index contributed by atoms with van der Waals surface area (Å²) < 4.78 is 0. The number of carbonyl (C=O) groups excluding carboxylic acids is 1. The van der Waals surface area contributed by atoms with Gasteiger partial charge in [0.25, 0.3) is 5.91 Å². The van der Waals surface area contributed by atoms with E-state index in [1.54, 1.807) is 12.4 Å². The summed E-state index contributed by atoms with van der Waals surface area (Å²) in [5, 5.41) is 4.01. The number of aromatic nitrogens is 3. The molecule has 0 unspecified atom stereocenters. The average molecular weight is 328 g/mol. The minimum absolute atomic E-state index is 0.196. The Kier molecular flexibility index (Phi) is 3.96. The summed E-state index contributed by atoms with van der Waals surface area (Å²) in [5.74, 6) is 0.408. The van der Waals surface area contributed by atoms with Crippen molar-refractivity contribution in [2.75, 3.05) is 0 Å². The Morgan fingerprint density at radius 3 is 2.44 bits per heavy atom. The molecular weight excluding hydrogens is 312 g/mol. The lowest BCUT2D eigenvalue weighted by Crippen LogP contribution is -2.23. The number of carbonyl (C=O) groups is 1. The van der Waals surface area contributed by atoms with Gasteiger partial charge in [0.05, 0.1) is 12.1 Å². The number of benzene rings is 2. The van der Waals surface area contributed by atoms with E-state index in [4.69, 9.17) is 0 Å². The third-order valence-electron chi connectivity index (χ3n) is 3.97. The Morgan fingerprint density at radius 1 is 0.960 bits per heavy atom. The van der Waals surface area contributed by atoms with Gasteiger partial charge in [0.15, 0.2) is 5.82 Å². The van der Waals surface area contributed by atoms with Crippen LogP contribution in [0.25, 0.3) is 22.3 Å². The number of fused-ring (bicyclic) bond motifs is 1. The lowest BCUT2D eigenvalue weighted by atomic mass is 10.2. The van der Waals surface area contributed by atoms with Gasteiger partial charge in [-0.1, -0.05) is 48.5 Å². The standard InChI is InChI=1S/C20H16N4O/c25-20(23-13-17-10-15-8-4-5-9-18(15)24-17)16-11-21-19(22-12-16)14-6-2-1-3-7-14/h1-12,24H,13H2,(H,23,25). The van der Waals surface area contributed by atoms with Gasteiger partial charge in [-0.3, -0.25) is 4.79 Å². The molecule has 25 heavy (non-hydrogen) atoms. The zero-order valence-electron chi connectivity index (χ0n) is 13.4. The van der Waals surface area contributed by atoms with Gasteiger partial charge >= 0.3 is 0 Å². The predicted molar refractivity (Wildman–Crippen MR) is 96.9 cm³/mol. The van der Waals surface area contributed by atoms with E-state index in [-0.39, 0.29) is 5.91 Å². The van der Waals surface area contributed by atoms with Gasteiger partial charge in [-0.2, -0.15) is 0 Å². The van der Waals surface area contributed by atoms with Crippen molar-refractivity contribution >= 4 is 16.8 Å². The maximum atomic E-state index is 12.3. The van der Waals surface area contributed by atoms with Crippen LogP contribution in [-0.2, 0) is 6.54 Å². The molecule has 4 rings (SSSR count). The van der Waals surface area contributed by atoms with Crippen molar-refractivity contribution in [2.45, 2.75) is 6.54 Å². The van der Waals surface area contributed by atoms with Gasteiger partial charge in [-0.15, -0.1) is 0 Å². The molecular formula is C20H16N4O. The summed E-state index contributed by atoms with van der Waals surface area (Å²) >= 11 is 0. The summed E-state index contributed by atoms with van der Waals surface area (Å²) in [4.78, 5) is 24.1. The smallest absolute Gasteiger partial charge is 0.254 e. The van der Waals surface area contributed by atoms with Crippen molar-refractivity contribution in [2.24, 2.45) is 0 Å². The number of aromatic amines is 1. The van der Waals surface area contributed by atoms with E-state index in [1.165, 1.54) is 0 Å². The molecule has 2 aromatic carbocycles. The maximum Gasteiger partial charge on any atom is 0.254 e. The Morgan fingerprint density at radius 2 is 1.68 bits per heavy atom. The van der Waals surface area contributed by atoms with Crippen LogP contribution < -0.4 is 5.32 Å². The first kappa shape index (κ1) is 15.1. The molecule has 2 aromatic heterocycles. The minimum Gasteiger partial charge on any atom is -0.357 e. The summed E-state index contributed by atoms with van der Waals surface area (Å²) in [5.41, 5.74) is 3.38. The number of nitrogens with one attached hydrogen (secondary N) is 2. The van der Waals surface area contributed by atoms with Crippen molar-refractivity contribution < 1.29 is 4.79 Å². The van der Waals surface area contributed by atoms with Crippen molar-refractivity contribution in [1.29, 1.82) is 0 Å². The predicted octanol–water partition coefficient (Wildman–Crippen LogP) is 3.55. The topological polar surface area (TPSA) is 70.7 Å². The maximum absolute atomic E-state index is 12.3. The minimum atomic E-state index is -0.196. The van der Waals surface area contributed by atoms with E-state index < -0.39 is 0 Å². The van der Waals surface area contributed by atoms with Crippen molar-refractivity contribution in [3.63, 3.8) is 0 Å². The molecule has 0 aliphatic heterocycles. The molecule has 122 valence electrons. The van der Waals surface area contributed by atoms with Gasteiger partial charge in [0.2, 0.25) is 0 Å². The molecule has 0 aliphatic carbocycles. The van der Waals surface area contributed by atoms with Gasteiger partial charge in [-0.25, -0.2) is 9.97 Å². The van der Waals surface area contributed by atoms with Crippen molar-refractivity contribution in [1.82, 2.24) is 20.3 Å². The van der Waals surface area contributed by atoms with Crippen molar-refractivity contribution in [3.05, 3.63) is 84.3 Å². The van der Waals surface area contributed by atoms with E-state index in [9.17, 15) is 4.79 Å². The highest BCUT2D eigenvalue weighted by molar-refractivity contribution is 5.93. The monoisotopic (exact) mass is 328 g/mol. The molecule has 0 atom stereocenters. The molecule has 0 fully saturated rings. The lowest BCUT2D eigenvalue weighted by molar-refractivity contribution is 0.0950. The fraction of sp³-hybridized carbons (Fsp3) is 0.0500. The molecule has 0 radical (unpaired) electrons. The fourth-order valence-corrected chi connectivity index (χ4v) is 2.69. The summed E-state index contributed by atoms with van der Waals surface area (Å²) in [7, 11) is 0. The summed E-state index contributed by atoms with van der Waals surface area (Å²) in [6, 6.07) is 19.7. The third-order valence-corrected chi connectivity index (χ3v) is 3.97. The van der Waals surface area contributed by atoms with Crippen LogP contribution in [-0.4, -0.2) is 20.9 Å².